The fourth-order valence-corrected chi connectivity index (χ4v) is 1.20. The first-order valence-electron chi connectivity index (χ1n) is 3.57. The lowest BCUT2D eigenvalue weighted by Crippen LogP contribution is -1.78. The van der Waals surface area contributed by atoms with Crippen LogP contribution in [-0.2, 0) is 0 Å². The molecule has 11 heavy (non-hydrogen) atoms. The molecule has 0 fully saturated rings. The molecule has 0 aliphatic carbocycles. The van der Waals surface area contributed by atoms with E-state index in [1.807, 2.05) is 0 Å². The van der Waals surface area contributed by atoms with Crippen LogP contribution in [0.4, 0.5) is 0 Å². The average molecular weight is 146 g/mol. The van der Waals surface area contributed by atoms with E-state index in [4.69, 9.17) is 0 Å². The Bertz CT molecular complexity index is 193. The molecule has 0 spiro atoms. The van der Waals surface area contributed by atoms with Crippen molar-refractivity contribution in [3.8, 4) is 12.8 Å². The normalized spacial score (nSPS) is 8.09. The third-order valence-corrected chi connectivity index (χ3v) is 1.37. The van der Waals surface area contributed by atoms with Gasteiger partial charge in [0.25, 0.3) is 0 Å². The molecule has 0 N–H and O–H groups in total. The van der Waals surface area contributed by atoms with Gasteiger partial charge in [-0.05, 0) is 20.8 Å². The molecule has 0 radical (unpaired) electrons. The highest BCUT2D eigenvalue weighted by Gasteiger charge is 1.87. The van der Waals surface area contributed by atoms with Crippen LogP contribution in [0.5, 0.6) is 0 Å². The van der Waals surface area contributed by atoms with Crippen LogP contribution >= 0.6 is 0 Å². The van der Waals surface area contributed by atoms with Crippen molar-refractivity contribution in [2.24, 2.45) is 0 Å². The van der Waals surface area contributed by atoms with Crippen LogP contribution < -0.4 is 0 Å². The second-order valence-electron chi connectivity index (χ2n) is 2.67. The van der Waals surface area contributed by atoms with E-state index in [1.165, 1.54) is 16.7 Å². The summed E-state index contributed by atoms with van der Waals surface area (Å²) < 4.78 is 0. The fraction of sp³-hybridized carbons (Fsp3) is 0.273. The highest BCUT2D eigenvalue weighted by molar-refractivity contribution is 5.27. The van der Waals surface area contributed by atoms with E-state index in [1.54, 1.807) is 0 Å². The Kier molecular flexibility index (Phi) is 4.07. The van der Waals surface area contributed by atoms with Crippen LogP contribution in [0.15, 0.2) is 18.2 Å². The lowest BCUT2D eigenvalue weighted by molar-refractivity contribution is 1.32. The second-order valence-corrected chi connectivity index (χ2v) is 2.67. The Hall–Kier alpha value is -1.22. The Morgan fingerprint density at radius 1 is 0.727 bits per heavy atom. The monoisotopic (exact) mass is 146 g/mol. The molecule has 0 aliphatic heterocycles. The molecule has 1 aromatic rings. The second kappa shape index (κ2) is 4.57. The molecule has 0 saturated heterocycles. The maximum atomic E-state index is 4.00. The van der Waals surface area contributed by atoms with Crippen molar-refractivity contribution in [3.05, 3.63) is 34.9 Å². The van der Waals surface area contributed by atoms with E-state index < -0.39 is 0 Å². The van der Waals surface area contributed by atoms with Gasteiger partial charge in [-0.15, -0.1) is 12.8 Å². The van der Waals surface area contributed by atoms with E-state index in [0.29, 0.717) is 0 Å². The summed E-state index contributed by atoms with van der Waals surface area (Å²) >= 11 is 0. The molecule has 0 heterocycles. The number of benzene rings is 1. The van der Waals surface area contributed by atoms with Crippen molar-refractivity contribution >= 4 is 0 Å². The lowest BCUT2D eigenvalue weighted by atomic mass is 10.1. The van der Waals surface area contributed by atoms with Gasteiger partial charge in [0.1, 0.15) is 0 Å². The lowest BCUT2D eigenvalue weighted by Gasteiger charge is -1.96. The van der Waals surface area contributed by atoms with Gasteiger partial charge < -0.3 is 0 Å². The molecule has 0 nitrogen and oxygen atoms in total. The van der Waals surface area contributed by atoms with Crippen molar-refractivity contribution in [3.63, 3.8) is 0 Å². The van der Waals surface area contributed by atoms with E-state index in [-0.39, 0.29) is 0 Å². The number of rotatable bonds is 0. The molecular formula is C11H14. The van der Waals surface area contributed by atoms with Crippen LogP contribution in [-0.4, -0.2) is 0 Å². The summed E-state index contributed by atoms with van der Waals surface area (Å²) in [4.78, 5) is 0. The summed E-state index contributed by atoms with van der Waals surface area (Å²) in [5, 5.41) is 0. The summed E-state index contributed by atoms with van der Waals surface area (Å²) in [7, 11) is 0. The fourth-order valence-electron chi connectivity index (χ4n) is 1.20. The Balaban J connectivity index is 0.000000461. The minimum absolute atomic E-state index is 1.35. The Labute approximate surface area is 69.3 Å². The first-order valence-corrected chi connectivity index (χ1v) is 3.57. The van der Waals surface area contributed by atoms with Gasteiger partial charge in [0.15, 0.2) is 0 Å². The maximum Gasteiger partial charge on any atom is -0.0398 e. The van der Waals surface area contributed by atoms with Gasteiger partial charge in [0.2, 0.25) is 0 Å². The van der Waals surface area contributed by atoms with Crippen molar-refractivity contribution in [1.82, 2.24) is 0 Å². The molecule has 0 unspecified atom stereocenters. The number of hydrogen-bond donors (Lipinski definition) is 0. The van der Waals surface area contributed by atoms with Gasteiger partial charge in [-0.1, -0.05) is 34.9 Å². The third kappa shape index (κ3) is 3.47. The van der Waals surface area contributed by atoms with Gasteiger partial charge in [0.05, 0.1) is 0 Å². The van der Waals surface area contributed by atoms with Gasteiger partial charge in [-0.3, -0.25) is 0 Å². The number of terminal acetylenes is 1. The molecule has 0 heteroatoms. The SMILES string of the molecule is C#C.Cc1cc(C)cc(C)c1. The molecule has 0 bridgehead atoms. The highest BCUT2D eigenvalue weighted by atomic mass is 13.9. The topological polar surface area (TPSA) is 0 Å². The van der Waals surface area contributed by atoms with Crippen molar-refractivity contribution < 1.29 is 0 Å². The third-order valence-electron chi connectivity index (χ3n) is 1.37. The zero-order valence-electron chi connectivity index (χ0n) is 7.39. The molecule has 0 aliphatic rings. The summed E-state index contributed by atoms with van der Waals surface area (Å²) in [6.45, 7) is 6.38. The zero-order chi connectivity index (χ0) is 8.85. The van der Waals surface area contributed by atoms with Gasteiger partial charge in [-0.2, -0.15) is 0 Å². The zero-order valence-corrected chi connectivity index (χ0v) is 7.39. The van der Waals surface area contributed by atoms with Gasteiger partial charge in [-0.25, -0.2) is 0 Å². The smallest absolute Gasteiger partial charge is 0.0398 e. The molecule has 0 amide bonds. The minimum atomic E-state index is 1.35. The summed E-state index contributed by atoms with van der Waals surface area (Å²) in [5.41, 5.74) is 4.06. The van der Waals surface area contributed by atoms with E-state index in [0.717, 1.165) is 0 Å². The van der Waals surface area contributed by atoms with Crippen LogP contribution in [0.25, 0.3) is 0 Å². The van der Waals surface area contributed by atoms with Crippen molar-refractivity contribution in [2.45, 2.75) is 20.8 Å². The number of aryl methyl sites for hydroxylation is 3. The summed E-state index contributed by atoms with van der Waals surface area (Å²) in [5.74, 6) is 0. The van der Waals surface area contributed by atoms with E-state index in [9.17, 15) is 0 Å². The van der Waals surface area contributed by atoms with Gasteiger partial charge >= 0.3 is 0 Å². The molecular weight excluding hydrogens is 132 g/mol. The minimum Gasteiger partial charge on any atom is -0.124 e. The molecule has 0 saturated carbocycles. The van der Waals surface area contributed by atoms with Crippen molar-refractivity contribution in [1.29, 1.82) is 0 Å². The maximum absolute atomic E-state index is 4.00. The molecule has 0 aromatic heterocycles. The molecule has 1 aromatic carbocycles. The van der Waals surface area contributed by atoms with Crippen LogP contribution in [0.1, 0.15) is 16.7 Å². The summed E-state index contributed by atoms with van der Waals surface area (Å²) in [6, 6.07) is 6.56. The molecule has 1 rings (SSSR count). The standard InChI is InChI=1S/C9H12.C2H2/c1-7-4-8(2)6-9(3)5-7;1-2/h4-6H,1-3H3;1-2H. The highest BCUT2D eigenvalue weighted by Crippen LogP contribution is 2.06. The summed E-state index contributed by atoms with van der Waals surface area (Å²) in [6.07, 6.45) is 8.00. The molecule has 58 valence electrons. The van der Waals surface area contributed by atoms with E-state index >= 15 is 0 Å². The van der Waals surface area contributed by atoms with Crippen molar-refractivity contribution in [2.75, 3.05) is 0 Å². The number of hydrogen-bond acceptors (Lipinski definition) is 0. The predicted molar refractivity (Wildman–Crippen MR) is 50.5 cm³/mol. The van der Waals surface area contributed by atoms with Crippen LogP contribution in [0, 0.1) is 33.6 Å². The first-order chi connectivity index (χ1) is 5.18. The average Bonchev–Trinajstić information content (AvgIpc) is 1.88. The largest absolute Gasteiger partial charge is 0.124 e. The van der Waals surface area contributed by atoms with Crippen LogP contribution in [0.2, 0.25) is 0 Å². The molecule has 0 atom stereocenters. The Morgan fingerprint density at radius 3 is 1.09 bits per heavy atom. The van der Waals surface area contributed by atoms with Crippen LogP contribution in [0.3, 0.4) is 0 Å². The predicted octanol–water partition coefficient (Wildman–Crippen LogP) is 2.86. The van der Waals surface area contributed by atoms with Gasteiger partial charge in [0, 0.05) is 0 Å². The quantitative estimate of drug-likeness (QED) is 0.494. The Morgan fingerprint density at radius 2 is 0.909 bits per heavy atom. The van der Waals surface area contributed by atoms with E-state index in [2.05, 4.69) is 51.8 Å². The first kappa shape index (κ1) is 9.78.